The Morgan fingerprint density at radius 2 is 2.40 bits per heavy atom. The quantitative estimate of drug-likeness (QED) is 0.730. The highest BCUT2D eigenvalue weighted by Gasteiger charge is 2.13. The number of ether oxygens (including phenoxy) is 1. The molecule has 2 aromatic rings. The molecule has 108 valence electrons. The van der Waals surface area contributed by atoms with E-state index in [1.807, 2.05) is 0 Å². The van der Waals surface area contributed by atoms with Crippen molar-refractivity contribution in [3.05, 3.63) is 17.3 Å². The molecule has 0 saturated heterocycles. The molecule has 0 saturated carbocycles. The van der Waals surface area contributed by atoms with E-state index in [1.165, 1.54) is 11.3 Å². The van der Waals surface area contributed by atoms with Crippen molar-refractivity contribution in [2.45, 2.75) is 19.9 Å². The highest BCUT2D eigenvalue weighted by atomic mass is 32.1. The van der Waals surface area contributed by atoms with Crippen molar-refractivity contribution in [2.24, 2.45) is 0 Å². The van der Waals surface area contributed by atoms with Crippen LogP contribution in [0, 0.1) is 6.92 Å². The molecular weight excluding hydrogens is 282 g/mol. The normalized spacial score (nSPS) is 12.1. The molecule has 2 N–H and O–H groups in total. The summed E-state index contributed by atoms with van der Waals surface area (Å²) in [6.45, 7) is 4.37. The van der Waals surface area contributed by atoms with Crippen molar-refractivity contribution < 1.29 is 14.2 Å². The van der Waals surface area contributed by atoms with Crippen LogP contribution in [0.1, 0.15) is 12.6 Å². The molecule has 1 unspecified atom stereocenters. The van der Waals surface area contributed by atoms with Gasteiger partial charge in [-0.05, 0) is 19.0 Å². The van der Waals surface area contributed by atoms with Gasteiger partial charge in [0.1, 0.15) is 12.3 Å². The fourth-order valence-electron chi connectivity index (χ4n) is 1.37. The number of nitrogens with zero attached hydrogens (tertiary/aromatic N) is 3. The summed E-state index contributed by atoms with van der Waals surface area (Å²) in [5, 5.41) is 15.3. The summed E-state index contributed by atoms with van der Waals surface area (Å²) >= 11 is 1.38. The van der Waals surface area contributed by atoms with E-state index in [0.29, 0.717) is 29.9 Å². The molecule has 20 heavy (non-hydrogen) atoms. The summed E-state index contributed by atoms with van der Waals surface area (Å²) in [5.74, 6) is 0.228. The molecule has 0 aliphatic rings. The third kappa shape index (κ3) is 4.00. The second kappa shape index (κ2) is 6.96. The van der Waals surface area contributed by atoms with Gasteiger partial charge in [0.05, 0.1) is 6.04 Å². The summed E-state index contributed by atoms with van der Waals surface area (Å²) in [4.78, 5) is 15.8. The predicted octanol–water partition coefficient (Wildman–Crippen LogP) is 0.830. The van der Waals surface area contributed by atoms with Gasteiger partial charge in [-0.25, -0.2) is 9.61 Å². The van der Waals surface area contributed by atoms with Gasteiger partial charge in [0.25, 0.3) is 5.88 Å². The van der Waals surface area contributed by atoms with Crippen LogP contribution in [0.25, 0.3) is 0 Å². The van der Waals surface area contributed by atoms with E-state index in [1.54, 1.807) is 25.4 Å². The van der Waals surface area contributed by atoms with Crippen LogP contribution in [-0.4, -0.2) is 40.4 Å². The molecular formula is C11H15N5O3S. The third-order valence-corrected chi connectivity index (χ3v) is 3.15. The second-order valence-electron chi connectivity index (χ2n) is 4.01. The van der Waals surface area contributed by atoms with Crippen molar-refractivity contribution in [3.63, 3.8) is 0 Å². The highest BCUT2D eigenvalue weighted by molar-refractivity contribution is 7.13. The lowest BCUT2D eigenvalue weighted by Gasteiger charge is -2.12. The highest BCUT2D eigenvalue weighted by Crippen LogP contribution is 2.11. The molecule has 0 aromatic carbocycles. The Balaban J connectivity index is 1.66. The number of hydrogen-bond donors (Lipinski definition) is 2. The smallest absolute Gasteiger partial charge is 0.278 e. The van der Waals surface area contributed by atoms with Gasteiger partial charge in [-0.1, -0.05) is 5.16 Å². The topological polar surface area (TPSA) is 102 Å². The van der Waals surface area contributed by atoms with Crippen molar-refractivity contribution in [2.75, 3.05) is 18.5 Å². The molecule has 0 aliphatic carbocycles. The van der Waals surface area contributed by atoms with E-state index in [0.717, 1.165) is 0 Å². The van der Waals surface area contributed by atoms with Gasteiger partial charge in [-0.3, -0.25) is 4.79 Å². The van der Waals surface area contributed by atoms with Crippen LogP contribution < -0.4 is 15.4 Å². The van der Waals surface area contributed by atoms with Gasteiger partial charge in [0, 0.05) is 18.1 Å². The standard InChI is InChI=1S/C11H15N5O3S/c1-7(9(17)14-11-13-4-6-20-11)12-3-5-18-10-8(2)15-19-16-10/h4,6-7,12H,3,5H2,1-2H3,(H,13,14,17). The SMILES string of the molecule is Cc1nonc1OCCNC(C)C(=O)Nc1nccs1. The molecule has 1 atom stereocenters. The first kappa shape index (κ1) is 14.4. The first-order valence-corrected chi connectivity index (χ1v) is 6.90. The molecule has 2 aromatic heterocycles. The Hall–Kier alpha value is -2.00. The number of aryl methyl sites for hydroxylation is 1. The van der Waals surface area contributed by atoms with E-state index in [4.69, 9.17) is 4.74 Å². The number of carbonyl (C=O) groups excluding carboxylic acids is 1. The zero-order chi connectivity index (χ0) is 14.4. The van der Waals surface area contributed by atoms with Crippen LogP contribution in [-0.2, 0) is 4.79 Å². The molecule has 9 heteroatoms. The second-order valence-corrected chi connectivity index (χ2v) is 4.90. The number of amides is 1. The zero-order valence-electron chi connectivity index (χ0n) is 11.1. The fraction of sp³-hybridized carbons (Fsp3) is 0.455. The minimum absolute atomic E-state index is 0.140. The molecule has 0 aliphatic heterocycles. The number of hydrogen-bond acceptors (Lipinski definition) is 8. The van der Waals surface area contributed by atoms with Crippen molar-refractivity contribution in [3.8, 4) is 5.88 Å². The lowest BCUT2D eigenvalue weighted by atomic mass is 10.3. The van der Waals surface area contributed by atoms with Crippen LogP contribution in [0.2, 0.25) is 0 Å². The summed E-state index contributed by atoms with van der Waals surface area (Å²) < 4.78 is 9.85. The van der Waals surface area contributed by atoms with Crippen LogP contribution >= 0.6 is 11.3 Å². The molecule has 8 nitrogen and oxygen atoms in total. The van der Waals surface area contributed by atoms with Crippen LogP contribution in [0.5, 0.6) is 5.88 Å². The molecule has 0 fully saturated rings. The largest absolute Gasteiger partial charge is 0.473 e. The van der Waals surface area contributed by atoms with Crippen LogP contribution in [0.4, 0.5) is 5.13 Å². The maximum atomic E-state index is 11.8. The molecule has 0 spiro atoms. The molecule has 0 bridgehead atoms. The summed E-state index contributed by atoms with van der Waals surface area (Å²) in [7, 11) is 0. The van der Waals surface area contributed by atoms with Gasteiger partial charge < -0.3 is 15.4 Å². The zero-order valence-corrected chi connectivity index (χ0v) is 11.9. The predicted molar refractivity (Wildman–Crippen MR) is 72.7 cm³/mol. The summed E-state index contributed by atoms with van der Waals surface area (Å²) in [6.07, 6.45) is 1.64. The van der Waals surface area contributed by atoms with Crippen molar-refractivity contribution >= 4 is 22.4 Å². The minimum Gasteiger partial charge on any atom is -0.473 e. The average molecular weight is 297 g/mol. The summed E-state index contributed by atoms with van der Waals surface area (Å²) in [6, 6.07) is -0.348. The number of anilines is 1. The maximum Gasteiger partial charge on any atom is 0.278 e. The fourth-order valence-corrected chi connectivity index (χ4v) is 1.90. The van der Waals surface area contributed by atoms with E-state index in [-0.39, 0.29) is 11.9 Å². The Kier molecular flexibility index (Phi) is 5.02. The van der Waals surface area contributed by atoms with E-state index in [2.05, 4.69) is 30.6 Å². The van der Waals surface area contributed by atoms with Gasteiger partial charge in [0.2, 0.25) is 5.91 Å². The minimum atomic E-state index is -0.348. The van der Waals surface area contributed by atoms with E-state index >= 15 is 0 Å². The first-order chi connectivity index (χ1) is 9.66. The van der Waals surface area contributed by atoms with E-state index < -0.39 is 0 Å². The van der Waals surface area contributed by atoms with Gasteiger partial charge in [0.15, 0.2) is 5.13 Å². The number of nitrogens with one attached hydrogen (secondary N) is 2. The monoisotopic (exact) mass is 297 g/mol. The Morgan fingerprint density at radius 1 is 1.55 bits per heavy atom. The lowest BCUT2D eigenvalue weighted by Crippen LogP contribution is -2.40. The Morgan fingerprint density at radius 3 is 3.05 bits per heavy atom. The molecule has 0 radical (unpaired) electrons. The van der Waals surface area contributed by atoms with Gasteiger partial charge in [-0.15, -0.1) is 11.3 Å². The van der Waals surface area contributed by atoms with Crippen LogP contribution in [0.3, 0.4) is 0 Å². The van der Waals surface area contributed by atoms with E-state index in [9.17, 15) is 4.79 Å². The Bertz CT molecular complexity index is 542. The number of thiazole rings is 1. The molecule has 2 rings (SSSR count). The molecule has 1 amide bonds. The lowest BCUT2D eigenvalue weighted by molar-refractivity contribution is -0.117. The van der Waals surface area contributed by atoms with Crippen LogP contribution in [0.15, 0.2) is 16.2 Å². The summed E-state index contributed by atoms with van der Waals surface area (Å²) in [5.41, 5.74) is 0.597. The van der Waals surface area contributed by atoms with Gasteiger partial charge >= 0.3 is 0 Å². The number of rotatable bonds is 7. The number of aromatic nitrogens is 3. The average Bonchev–Trinajstić information content (AvgIpc) is 3.06. The van der Waals surface area contributed by atoms with Crippen molar-refractivity contribution in [1.29, 1.82) is 0 Å². The first-order valence-electron chi connectivity index (χ1n) is 6.02. The Labute approximate surface area is 119 Å². The van der Waals surface area contributed by atoms with Crippen molar-refractivity contribution in [1.82, 2.24) is 20.6 Å². The third-order valence-electron chi connectivity index (χ3n) is 2.46. The van der Waals surface area contributed by atoms with Gasteiger partial charge in [-0.2, -0.15) is 0 Å². The maximum absolute atomic E-state index is 11.8. The number of carbonyl (C=O) groups is 1. The molecule has 2 heterocycles.